The summed E-state index contributed by atoms with van der Waals surface area (Å²) in [7, 11) is 0. The lowest BCUT2D eigenvalue weighted by atomic mass is 10.2. The molecular weight excluding hydrogens is 314 g/mol. The van der Waals surface area contributed by atoms with Gasteiger partial charge in [-0.3, -0.25) is 0 Å². The Hall–Kier alpha value is -2.41. The van der Waals surface area contributed by atoms with Gasteiger partial charge in [-0.2, -0.15) is 11.3 Å². The first-order chi connectivity index (χ1) is 11.2. The van der Waals surface area contributed by atoms with Crippen molar-refractivity contribution in [2.45, 2.75) is 20.3 Å². The van der Waals surface area contributed by atoms with E-state index >= 15 is 0 Å². The molecule has 23 heavy (non-hydrogen) atoms. The van der Waals surface area contributed by atoms with Crippen LogP contribution in [0.5, 0.6) is 0 Å². The van der Waals surface area contributed by atoms with Crippen molar-refractivity contribution < 1.29 is 13.9 Å². The van der Waals surface area contributed by atoms with Gasteiger partial charge in [0, 0.05) is 6.54 Å². The molecule has 7 heteroatoms. The number of carbonyl (C=O) groups is 1. The maximum absolute atomic E-state index is 12.2. The predicted octanol–water partition coefficient (Wildman–Crippen LogP) is 3.42. The Kier molecular flexibility index (Phi) is 4.57. The number of anilines is 1. The quantitative estimate of drug-likeness (QED) is 0.697. The Morgan fingerprint density at radius 2 is 2.30 bits per heavy atom. The van der Waals surface area contributed by atoms with Crippen LogP contribution in [0.15, 0.2) is 27.6 Å². The molecule has 0 saturated heterocycles. The van der Waals surface area contributed by atoms with E-state index < -0.39 is 5.97 Å². The van der Waals surface area contributed by atoms with Gasteiger partial charge in [0.15, 0.2) is 0 Å². The monoisotopic (exact) mass is 331 g/mol. The van der Waals surface area contributed by atoms with Crippen molar-refractivity contribution in [2.75, 3.05) is 18.5 Å². The zero-order valence-electron chi connectivity index (χ0n) is 13.0. The lowest BCUT2D eigenvalue weighted by molar-refractivity contribution is 0.0526. The Bertz CT molecular complexity index is 811. The number of furan rings is 1. The van der Waals surface area contributed by atoms with E-state index in [-0.39, 0.29) is 0 Å². The van der Waals surface area contributed by atoms with Gasteiger partial charge in [-0.05, 0) is 42.7 Å². The van der Waals surface area contributed by atoms with E-state index in [0.29, 0.717) is 41.4 Å². The lowest BCUT2D eigenvalue weighted by Gasteiger charge is -2.07. The Balaban J connectivity index is 1.88. The van der Waals surface area contributed by atoms with Crippen LogP contribution < -0.4 is 5.32 Å². The van der Waals surface area contributed by atoms with Crippen molar-refractivity contribution in [1.82, 2.24) is 9.97 Å². The zero-order valence-corrected chi connectivity index (χ0v) is 13.8. The number of fused-ring (bicyclic) bond motifs is 1. The number of carbonyl (C=O) groups excluding carboxylic acids is 1. The summed E-state index contributed by atoms with van der Waals surface area (Å²) in [5.41, 5.74) is 2.04. The number of hydrogen-bond acceptors (Lipinski definition) is 7. The smallest absolute Gasteiger partial charge is 0.342 e. The minimum Gasteiger partial charge on any atom is -0.462 e. The van der Waals surface area contributed by atoms with Gasteiger partial charge in [-0.25, -0.2) is 14.8 Å². The van der Waals surface area contributed by atoms with Gasteiger partial charge in [-0.1, -0.05) is 0 Å². The second-order valence-corrected chi connectivity index (χ2v) is 5.74. The first-order valence-corrected chi connectivity index (χ1v) is 8.31. The number of hydrogen-bond donors (Lipinski definition) is 1. The van der Waals surface area contributed by atoms with Crippen molar-refractivity contribution in [3.8, 4) is 0 Å². The number of ether oxygens (including phenoxy) is 1. The molecule has 0 aliphatic heterocycles. The molecule has 3 aromatic rings. The number of esters is 1. The standard InChI is InChI=1S/C16H17N3O3S/c1-3-21-16(20)12-10(2)22-15-13(12)14(18-9-19-15)17-6-4-11-5-7-23-8-11/h5,7-9H,3-4,6H2,1-2H3,(H,17,18,19). The highest BCUT2D eigenvalue weighted by molar-refractivity contribution is 7.07. The van der Waals surface area contributed by atoms with Crippen molar-refractivity contribution in [1.29, 1.82) is 0 Å². The van der Waals surface area contributed by atoms with Gasteiger partial charge in [0.2, 0.25) is 5.71 Å². The number of thiophene rings is 1. The van der Waals surface area contributed by atoms with Crippen LogP contribution in [0, 0.1) is 6.92 Å². The van der Waals surface area contributed by atoms with Crippen LogP contribution in [0.1, 0.15) is 28.6 Å². The molecular formula is C16H17N3O3S. The van der Waals surface area contributed by atoms with E-state index in [2.05, 4.69) is 32.1 Å². The third-order valence-corrected chi connectivity index (χ3v) is 4.16. The highest BCUT2D eigenvalue weighted by Crippen LogP contribution is 2.29. The average Bonchev–Trinajstić information content (AvgIpc) is 3.14. The van der Waals surface area contributed by atoms with Gasteiger partial charge in [0.25, 0.3) is 0 Å². The first-order valence-electron chi connectivity index (χ1n) is 7.37. The molecule has 0 unspecified atom stereocenters. The summed E-state index contributed by atoms with van der Waals surface area (Å²) in [6.07, 6.45) is 2.30. The summed E-state index contributed by atoms with van der Waals surface area (Å²) in [4.78, 5) is 20.5. The van der Waals surface area contributed by atoms with Gasteiger partial charge >= 0.3 is 5.97 Å². The second kappa shape index (κ2) is 6.78. The molecule has 0 radical (unpaired) electrons. The van der Waals surface area contributed by atoms with Crippen molar-refractivity contribution in [3.63, 3.8) is 0 Å². The summed E-state index contributed by atoms with van der Waals surface area (Å²) in [5.74, 6) is 0.657. The van der Waals surface area contributed by atoms with Crippen LogP contribution >= 0.6 is 11.3 Å². The fraction of sp³-hybridized carbons (Fsp3) is 0.312. The summed E-state index contributed by atoms with van der Waals surface area (Å²) in [5, 5.41) is 8.01. The minimum absolute atomic E-state index is 0.305. The number of rotatable bonds is 6. The fourth-order valence-corrected chi connectivity index (χ4v) is 3.09. The molecule has 0 amide bonds. The highest BCUT2D eigenvalue weighted by Gasteiger charge is 2.23. The molecule has 3 heterocycles. The Morgan fingerprint density at radius 1 is 1.43 bits per heavy atom. The molecule has 3 aromatic heterocycles. The summed E-state index contributed by atoms with van der Waals surface area (Å²) in [6.45, 7) is 4.50. The molecule has 1 N–H and O–H groups in total. The molecule has 3 rings (SSSR count). The topological polar surface area (TPSA) is 77.2 Å². The number of aromatic nitrogens is 2. The molecule has 0 fully saturated rings. The molecule has 0 bridgehead atoms. The van der Waals surface area contributed by atoms with Crippen molar-refractivity contribution in [3.05, 3.63) is 40.0 Å². The van der Waals surface area contributed by atoms with Crippen LogP contribution in [0.25, 0.3) is 11.1 Å². The number of aryl methyl sites for hydroxylation is 1. The molecule has 0 aliphatic rings. The number of nitrogens with one attached hydrogen (secondary N) is 1. The minimum atomic E-state index is -0.417. The maximum atomic E-state index is 12.2. The normalized spacial score (nSPS) is 10.9. The maximum Gasteiger partial charge on any atom is 0.342 e. The molecule has 0 saturated carbocycles. The van der Waals surface area contributed by atoms with Crippen molar-refractivity contribution >= 4 is 34.2 Å². The van der Waals surface area contributed by atoms with Gasteiger partial charge in [-0.15, -0.1) is 0 Å². The summed E-state index contributed by atoms with van der Waals surface area (Å²) >= 11 is 1.67. The van der Waals surface area contributed by atoms with Crippen LogP contribution in [0.2, 0.25) is 0 Å². The number of nitrogens with zero attached hydrogens (tertiary/aromatic N) is 2. The van der Waals surface area contributed by atoms with Gasteiger partial charge in [0.05, 0.1) is 12.0 Å². The van der Waals surface area contributed by atoms with E-state index in [0.717, 1.165) is 6.42 Å². The van der Waals surface area contributed by atoms with E-state index in [9.17, 15) is 4.79 Å². The third kappa shape index (κ3) is 3.19. The fourth-order valence-electron chi connectivity index (χ4n) is 2.39. The Morgan fingerprint density at radius 3 is 3.04 bits per heavy atom. The lowest BCUT2D eigenvalue weighted by Crippen LogP contribution is -2.09. The largest absolute Gasteiger partial charge is 0.462 e. The molecule has 0 atom stereocenters. The van der Waals surface area contributed by atoms with Crippen LogP contribution in [-0.4, -0.2) is 29.1 Å². The highest BCUT2D eigenvalue weighted by atomic mass is 32.1. The third-order valence-electron chi connectivity index (χ3n) is 3.43. The second-order valence-electron chi connectivity index (χ2n) is 4.96. The van der Waals surface area contributed by atoms with Gasteiger partial charge < -0.3 is 14.5 Å². The summed E-state index contributed by atoms with van der Waals surface area (Å²) in [6, 6.07) is 2.09. The average molecular weight is 331 g/mol. The predicted molar refractivity (Wildman–Crippen MR) is 89.0 cm³/mol. The Labute approximate surface area is 137 Å². The van der Waals surface area contributed by atoms with E-state index in [1.165, 1.54) is 11.9 Å². The molecule has 6 nitrogen and oxygen atoms in total. The molecule has 0 spiro atoms. The first kappa shape index (κ1) is 15.5. The van der Waals surface area contributed by atoms with Crippen LogP contribution in [0.3, 0.4) is 0 Å². The van der Waals surface area contributed by atoms with E-state index in [1.807, 2.05) is 0 Å². The van der Waals surface area contributed by atoms with Crippen LogP contribution in [0.4, 0.5) is 5.82 Å². The van der Waals surface area contributed by atoms with Crippen LogP contribution in [-0.2, 0) is 11.2 Å². The molecule has 0 aliphatic carbocycles. The molecule has 120 valence electrons. The van der Waals surface area contributed by atoms with E-state index in [4.69, 9.17) is 9.15 Å². The molecule has 0 aromatic carbocycles. The summed E-state index contributed by atoms with van der Waals surface area (Å²) < 4.78 is 10.7. The van der Waals surface area contributed by atoms with E-state index in [1.54, 1.807) is 25.2 Å². The van der Waals surface area contributed by atoms with Crippen molar-refractivity contribution in [2.24, 2.45) is 0 Å². The van der Waals surface area contributed by atoms with Gasteiger partial charge in [0.1, 0.15) is 23.5 Å². The SMILES string of the molecule is CCOC(=O)c1c(C)oc2ncnc(NCCc3ccsc3)c12. The zero-order chi connectivity index (χ0) is 16.2.